The molecule has 1 aromatic rings. The number of fused-ring (bicyclic) bond motifs is 1. The average Bonchev–Trinajstić information content (AvgIpc) is 3.30. The molecule has 1 N–H and O–H groups in total. The highest BCUT2D eigenvalue weighted by molar-refractivity contribution is 5.78. The Kier molecular flexibility index (Phi) is 4.93. The van der Waals surface area contributed by atoms with Gasteiger partial charge < -0.3 is 15.0 Å². The van der Waals surface area contributed by atoms with E-state index in [1.807, 2.05) is 11.8 Å². The molecule has 2 bridgehead atoms. The third kappa shape index (κ3) is 3.47. The number of hydrogen-bond acceptors (Lipinski definition) is 3. The number of nitrogens with zero attached hydrogens (tertiary/aromatic N) is 1. The molecule has 27 heavy (non-hydrogen) atoms. The van der Waals surface area contributed by atoms with Gasteiger partial charge in [0.1, 0.15) is 5.82 Å². The minimum Gasteiger partial charge on any atom is -0.369 e. The topological polar surface area (TPSA) is 58.6 Å². The van der Waals surface area contributed by atoms with Crippen LogP contribution in [0.4, 0.5) is 4.39 Å². The fourth-order valence-corrected chi connectivity index (χ4v) is 5.11. The first kappa shape index (κ1) is 18.4. The van der Waals surface area contributed by atoms with E-state index in [9.17, 15) is 14.0 Å². The fourth-order valence-electron chi connectivity index (χ4n) is 5.11. The smallest absolute Gasteiger partial charge is 0.224 e. The molecule has 3 fully saturated rings. The zero-order chi connectivity index (χ0) is 19.0. The van der Waals surface area contributed by atoms with Crippen LogP contribution in [0, 0.1) is 17.7 Å². The zero-order valence-electron chi connectivity index (χ0n) is 15.7. The van der Waals surface area contributed by atoms with Crippen LogP contribution in [0.2, 0.25) is 0 Å². The molecule has 2 amide bonds. The number of nitrogens with one attached hydrogen (secondary N) is 1. The van der Waals surface area contributed by atoms with Gasteiger partial charge in [-0.2, -0.15) is 0 Å². The molecule has 0 aliphatic carbocycles. The van der Waals surface area contributed by atoms with Crippen molar-refractivity contribution in [1.29, 1.82) is 0 Å². The van der Waals surface area contributed by atoms with Gasteiger partial charge in [-0.15, -0.1) is 0 Å². The van der Waals surface area contributed by atoms with Crippen molar-refractivity contribution in [2.24, 2.45) is 11.8 Å². The summed E-state index contributed by atoms with van der Waals surface area (Å²) in [5.74, 6) is 0.424. The second-order valence-electron chi connectivity index (χ2n) is 8.16. The SMILES string of the molecule is CCCC(=O)N1C[C@@H]2[C@H](CNC(=O)Cc3ccc(F)cc3)[C@H]3CC[C@]2(C1)O3. The van der Waals surface area contributed by atoms with Gasteiger partial charge in [0.2, 0.25) is 11.8 Å². The summed E-state index contributed by atoms with van der Waals surface area (Å²) in [5.41, 5.74) is 0.604. The van der Waals surface area contributed by atoms with Gasteiger partial charge in [0.15, 0.2) is 0 Å². The molecule has 3 heterocycles. The van der Waals surface area contributed by atoms with Gasteiger partial charge in [0, 0.05) is 31.3 Å². The Morgan fingerprint density at radius 2 is 2.11 bits per heavy atom. The molecule has 6 heteroatoms. The van der Waals surface area contributed by atoms with Crippen LogP contribution in [-0.2, 0) is 20.7 Å². The van der Waals surface area contributed by atoms with Crippen LogP contribution in [-0.4, -0.2) is 48.1 Å². The molecule has 0 aromatic heterocycles. The van der Waals surface area contributed by atoms with Gasteiger partial charge in [0.25, 0.3) is 0 Å². The Balaban J connectivity index is 1.35. The lowest BCUT2D eigenvalue weighted by Gasteiger charge is -2.29. The number of carbonyl (C=O) groups excluding carboxylic acids is 2. The number of likely N-dealkylation sites (tertiary alicyclic amines) is 1. The summed E-state index contributed by atoms with van der Waals surface area (Å²) in [6, 6.07) is 6.02. The van der Waals surface area contributed by atoms with E-state index in [0.717, 1.165) is 31.4 Å². The van der Waals surface area contributed by atoms with Gasteiger partial charge in [-0.1, -0.05) is 19.1 Å². The summed E-state index contributed by atoms with van der Waals surface area (Å²) in [7, 11) is 0. The second-order valence-corrected chi connectivity index (χ2v) is 8.16. The van der Waals surface area contributed by atoms with Crippen LogP contribution < -0.4 is 5.32 Å². The minimum absolute atomic E-state index is 0.0599. The van der Waals surface area contributed by atoms with Crippen molar-refractivity contribution in [2.75, 3.05) is 19.6 Å². The van der Waals surface area contributed by atoms with Gasteiger partial charge in [0.05, 0.1) is 24.7 Å². The molecule has 0 radical (unpaired) electrons. The Morgan fingerprint density at radius 1 is 1.33 bits per heavy atom. The van der Waals surface area contributed by atoms with E-state index < -0.39 is 0 Å². The van der Waals surface area contributed by atoms with E-state index in [4.69, 9.17) is 4.74 Å². The third-order valence-corrected chi connectivity index (χ3v) is 6.41. The molecule has 5 nitrogen and oxygen atoms in total. The van der Waals surface area contributed by atoms with E-state index in [1.54, 1.807) is 12.1 Å². The molecule has 146 valence electrons. The van der Waals surface area contributed by atoms with E-state index in [1.165, 1.54) is 12.1 Å². The summed E-state index contributed by atoms with van der Waals surface area (Å²) >= 11 is 0. The van der Waals surface area contributed by atoms with E-state index in [2.05, 4.69) is 5.32 Å². The van der Waals surface area contributed by atoms with Crippen LogP contribution in [0.15, 0.2) is 24.3 Å². The number of carbonyl (C=O) groups is 2. The first-order chi connectivity index (χ1) is 13.0. The second kappa shape index (κ2) is 7.23. The first-order valence-electron chi connectivity index (χ1n) is 9.97. The maximum atomic E-state index is 13.0. The monoisotopic (exact) mass is 374 g/mol. The molecule has 1 spiro atoms. The van der Waals surface area contributed by atoms with Gasteiger partial charge in [-0.25, -0.2) is 4.39 Å². The maximum absolute atomic E-state index is 13.0. The van der Waals surface area contributed by atoms with Crippen LogP contribution >= 0.6 is 0 Å². The highest BCUT2D eigenvalue weighted by atomic mass is 19.1. The van der Waals surface area contributed by atoms with Crippen molar-refractivity contribution in [1.82, 2.24) is 10.2 Å². The first-order valence-corrected chi connectivity index (χ1v) is 9.97. The summed E-state index contributed by atoms with van der Waals surface area (Å²) in [6.07, 6.45) is 3.90. The molecular weight excluding hydrogens is 347 g/mol. The van der Waals surface area contributed by atoms with E-state index in [0.29, 0.717) is 25.4 Å². The zero-order valence-corrected chi connectivity index (χ0v) is 15.7. The number of benzene rings is 1. The van der Waals surface area contributed by atoms with Crippen molar-refractivity contribution in [3.05, 3.63) is 35.6 Å². The Labute approximate surface area is 159 Å². The summed E-state index contributed by atoms with van der Waals surface area (Å²) < 4.78 is 19.3. The lowest BCUT2D eigenvalue weighted by atomic mass is 9.73. The molecular formula is C21H27FN2O3. The maximum Gasteiger partial charge on any atom is 0.224 e. The van der Waals surface area contributed by atoms with Crippen molar-refractivity contribution in [2.45, 2.75) is 50.7 Å². The Morgan fingerprint density at radius 3 is 2.85 bits per heavy atom. The van der Waals surface area contributed by atoms with Crippen molar-refractivity contribution in [3.8, 4) is 0 Å². The average molecular weight is 374 g/mol. The van der Waals surface area contributed by atoms with Crippen molar-refractivity contribution in [3.63, 3.8) is 0 Å². The molecule has 3 aliphatic rings. The number of halogens is 1. The van der Waals surface area contributed by atoms with E-state index >= 15 is 0 Å². The van der Waals surface area contributed by atoms with Crippen LogP contribution in [0.3, 0.4) is 0 Å². The largest absolute Gasteiger partial charge is 0.369 e. The number of rotatable bonds is 6. The highest BCUT2D eigenvalue weighted by Gasteiger charge is 2.63. The van der Waals surface area contributed by atoms with Crippen LogP contribution in [0.5, 0.6) is 0 Å². The molecule has 0 saturated carbocycles. The fraction of sp³-hybridized carbons (Fsp3) is 0.619. The number of hydrogen-bond donors (Lipinski definition) is 1. The Bertz CT molecular complexity index is 723. The van der Waals surface area contributed by atoms with Gasteiger partial charge in [-0.05, 0) is 37.0 Å². The Hall–Kier alpha value is -1.95. The van der Waals surface area contributed by atoms with Crippen LogP contribution in [0.25, 0.3) is 0 Å². The number of amides is 2. The van der Waals surface area contributed by atoms with E-state index in [-0.39, 0.29) is 41.7 Å². The third-order valence-electron chi connectivity index (χ3n) is 6.41. The standard InChI is InChI=1S/C21H27FN2O3/c1-2-3-20(26)24-12-17-16(18-8-9-21(17,13-24)27-18)11-23-19(25)10-14-4-6-15(22)7-5-14/h4-7,16-18H,2-3,8-13H2,1H3,(H,23,25)/t16-,17+,18+,21+/m0/s1. The molecule has 3 saturated heterocycles. The normalized spacial score (nSPS) is 31.2. The lowest BCUT2D eigenvalue weighted by molar-refractivity contribution is -0.131. The molecule has 4 rings (SSSR count). The molecule has 3 aliphatic heterocycles. The summed E-state index contributed by atoms with van der Waals surface area (Å²) in [5, 5.41) is 3.03. The minimum atomic E-state index is -0.299. The van der Waals surface area contributed by atoms with Gasteiger partial charge >= 0.3 is 0 Å². The lowest BCUT2D eigenvalue weighted by Crippen LogP contribution is -2.42. The predicted molar refractivity (Wildman–Crippen MR) is 98.4 cm³/mol. The van der Waals surface area contributed by atoms with Crippen molar-refractivity contribution >= 4 is 11.8 Å². The predicted octanol–water partition coefficient (Wildman–Crippen LogP) is 2.29. The molecule has 1 aromatic carbocycles. The molecule has 0 unspecified atom stereocenters. The van der Waals surface area contributed by atoms with Gasteiger partial charge in [-0.3, -0.25) is 9.59 Å². The highest BCUT2D eigenvalue weighted by Crippen LogP contribution is 2.54. The summed E-state index contributed by atoms with van der Waals surface area (Å²) in [4.78, 5) is 26.6. The molecule has 4 atom stereocenters. The quantitative estimate of drug-likeness (QED) is 0.831. The summed E-state index contributed by atoms with van der Waals surface area (Å²) in [6.45, 7) is 4.04. The number of ether oxygens (including phenoxy) is 1. The van der Waals surface area contributed by atoms with Crippen LogP contribution in [0.1, 0.15) is 38.2 Å². The van der Waals surface area contributed by atoms with Crippen molar-refractivity contribution < 1.29 is 18.7 Å².